The van der Waals surface area contributed by atoms with Crippen LogP contribution in [0.15, 0.2) is 309 Å². The maximum atomic E-state index is 7.35. The van der Waals surface area contributed by atoms with Gasteiger partial charge < -0.3 is 9.80 Å². The Morgan fingerprint density at radius 1 is 0.202 bits per heavy atom. The highest BCUT2D eigenvalue weighted by Crippen LogP contribution is 2.55. The summed E-state index contributed by atoms with van der Waals surface area (Å²) in [6.45, 7) is 20.9. The summed E-state index contributed by atoms with van der Waals surface area (Å²) in [5, 5.41) is 1.26. The standard InChI is InChI=1S/C90H78Cl2N2/c1-88(2,3)73-52-80(93(78-46-26-44-76(91)58-78)86-82(69-40-22-36-65(48-69)61-28-14-10-15-29-61)54-74(89(4,5)6)55-83(86)70-41-23-37-66(49-70)62-30-16-11-17-31-62)60-81(53-73)94(79-47-27-45-77(92)59-79)87-84(71-42-24-38-67(50-71)63-32-18-12-19-33-63)56-75(90(7,8)9)57-85(87)72-43-25-39-68(51-72)64-34-20-13-21-35-64/h10-60H,1-9H3. The summed E-state index contributed by atoms with van der Waals surface area (Å²) < 4.78 is 0. The lowest BCUT2D eigenvalue weighted by Gasteiger charge is -2.36. The number of hydrogen-bond donors (Lipinski definition) is 0. The number of halogens is 2. The van der Waals surface area contributed by atoms with Gasteiger partial charge in [0, 0.05) is 55.0 Å². The Kier molecular flexibility index (Phi) is 17.5. The molecule has 0 unspecified atom stereocenters. The molecule has 13 aromatic carbocycles. The van der Waals surface area contributed by atoms with Crippen molar-refractivity contribution in [1.82, 2.24) is 0 Å². The number of rotatable bonds is 14. The van der Waals surface area contributed by atoms with Crippen LogP contribution in [0.5, 0.6) is 0 Å². The van der Waals surface area contributed by atoms with E-state index >= 15 is 0 Å². The zero-order valence-corrected chi connectivity index (χ0v) is 56.6. The molecule has 0 fully saturated rings. The van der Waals surface area contributed by atoms with Crippen molar-refractivity contribution in [2.24, 2.45) is 0 Å². The van der Waals surface area contributed by atoms with Crippen LogP contribution in [0.1, 0.15) is 79.0 Å². The Morgan fingerprint density at radius 3 is 0.691 bits per heavy atom. The highest BCUT2D eigenvalue weighted by atomic mass is 35.5. The molecule has 0 aliphatic heterocycles. The molecule has 0 aliphatic carbocycles. The van der Waals surface area contributed by atoms with Crippen LogP contribution in [-0.2, 0) is 16.2 Å². The maximum absolute atomic E-state index is 7.35. The molecule has 4 heteroatoms. The van der Waals surface area contributed by atoms with E-state index < -0.39 is 0 Å². The van der Waals surface area contributed by atoms with E-state index in [0.717, 1.165) is 129 Å². The van der Waals surface area contributed by atoms with Gasteiger partial charge in [-0.1, -0.05) is 292 Å². The van der Waals surface area contributed by atoms with E-state index in [1.807, 2.05) is 12.1 Å². The number of nitrogens with zero attached hydrogens (tertiary/aromatic N) is 2. The van der Waals surface area contributed by atoms with Gasteiger partial charge in [-0.15, -0.1) is 0 Å². The molecule has 0 N–H and O–H groups in total. The first-order chi connectivity index (χ1) is 45.3. The Hall–Kier alpha value is -9.96. The normalized spacial score (nSPS) is 11.8. The number of benzene rings is 13. The first kappa shape index (κ1) is 62.8. The number of anilines is 6. The molecule has 0 aliphatic rings. The fourth-order valence-corrected chi connectivity index (χ4v) is 13.2. The van der Waals surface area contributed by atoms with Gasteiger partial charge in [0.2, 0.25) is 0 Å². The summed E-state index contributed by atoms with van der Waals surface area (Å²) in [4.78, 5) is 4.97. The average molecular weight is 1260 g/mol. The molecule has 13 aromatic rings. The molecular weight excluding hydrogens is 1180 g/mol. The largest absolute Gasteiger partial charge is 0.309 e. The van der Waals surface area contributed by atoms with Crippen molar-refractivity contribution in [3.8, 4) is 89.0 Å². The van der Waals surface area contributed by atoms with E-state index in [1.165, 1.54) is 11.1 Å². The van der Waals surface area contributed by atoms with Crippen molar-refractivity contribution >= 4 is 57.3 Å². The highest BCUT2D eigenvalue weighted by molar-refractivity contribution is 6.31. The fraction of sp³-hybridized carbons (Fsp3) is 0.133. The van der Waals surface area contributed by atoms with E-state index in [1.54, 1.807) is 0 Å². The third-order valence-electron chi connectivity index (χ3n) is 17.9. The fourth-order valence-electron chi connectivity index (χ4n) is 12.8. The van der Waals surface area contributed by atoms with Crippen LogP contribution in [0, 0.1) is 0 Å². The van der Waals surface area contributed by atoms with E-state index in [2.05, 4.69) is 369 Å². The molecule has 0 radical (unpaired) electrons. The Bertz CT molecular complexity index is 4350. The van der Waals surface area contributed by atoms with E-state index in [9.17, 15) is 0 Å². The molecule has 0 heterocycles. The van der Waals surface area contributed by atoms with Gasteiger partial charge in [0.1, 0.15) is 0 Å². The van der Waals surface area contributed by atoms with Crippen LogP contribution in [0.2, 0.25) is 10.0 Å². The van der Waals surface area contributed by atoms with Gasteiger partial charge in [-0.25, -0.2) is 0 Å². The Morgan fingerprint density at radius 2 is 0.436 bits per heavy atom. The molecule has 0 atom stereocenters. The molecule has 0 saturated carbocycles. The summed E-state index contributed by atoms with van der Waals surface area (Å²) >= 11 is 14.7. The summed E-state index contributed by atoms with van der Waals surface area (Å²) in [5.74, 6) is 0. The summed E-state index contributed by atoms with van der Waals surface area (Å²) in [6.07, 6.45) is 0. The monoisotopic (exact) mass is 1260 g/mol. The van der Waals surface area contributed by atoms with Gasteiger partial charge in [0.25, 0.3) is 0 Å². The second-order valence-electron chi connectivity index (χ2n) is 27.7. The molecule has 0 amide bonds. The molecule has 2 nitrogen and oxygen atoms in total. The zero-order chi connectivity index (χ0) is 65.3. The molecule has 0 aromatic heterocycles. The van der Waals surface area contributed by atoms with Crippen molar-refractivity contribution in [3.63, 3.8) is 0 Å². The minimum absolute atomic E-state index is 0.243. The summed E-state index contributed by atoms with van der Waals surface area (Å²) in [5.41, 5.74) is 26.3. The van der Waals surface area contributed by atoms with Crippen molar-refractivity contribution in [2.45, 2.75) is 78.6 Å². The van der Waals surface area contributed by atoms with E-state index in [0.29, 0.717) is 10.0 Å². The van der Waals surface area contributed by atoms with Gasteiger partial charge in [-0.05, 0) is 203 Å². The van der Waals surface area contributed by atoms with Gasteiger partial charge in [0.15, 0.2) is 0 Å². The van der Waals surface area contributed by atoms with Crippen molar-refractivity contribution in [3.05, 3.63) is 336 Å². The highest BCUT2D eigenvalue weighted by Gasteiger charge is 2.32. The molecule has 462 valence electrons. The zero-order valence-electron chi connectivity index (χ0n) is 55.1. The first-order valence-corrected chi connectivity index (χ1v) is 33.3. The summed E-state index contributed by atoms with van der Waals surface area (Å²) in [7, 11) is 0. The van der Waals surface area contributed by atoms with Crippen molar-refractivity contribution in [2.75, 3.05) is 9.80 Å². The van der Waals surface area contributed by atoms with E-state index in [-0.39, 0.29) is 16.2 Å². The molecular formula is C90H78Cl2N2. The second kappa shape index (κ2) is 26.2. The lowest BCUT2D eigenvalue weighted by molar-refractivity contribution is 0.590. The van der Waals surface area contributed by atoms with Gasteiger partial charge in [0.05, 0.1) is 11.4 Å². The quantitative estimate of drug-likeness (QED) is 0.107. The predicted octanol–water partition coefficient (Wildman–Crippen LogP) is 27.2. The molecule has 13 rings (SSSR count). The average Bonchev–Trinajstić information content (AvgIpc) is 0.743. The second-order valence-corrected chi connectivity index (χ2v) is 28.6. The van der Waals surface area contributed by atoms with Crippen molar-refractivity contribution in [1.29, 1.82) is 0 Å². The molecule has 0 bridgehead atoms. The van der Waals surface area contributed by atoms with Crippen LogP contribution in [-0.4, -0.2) is 0 Å². The topological polar surface area (TPSA) is 6.48 Å². The van der Waals surface area contributed by atoms with Gasteiger partial charge >= 0.3 is 0 Å². The maximum Gasteiger partial charge on any atom is 0.0618 e. The van der Waals surface area contributed by atoms with Crippen molar-refractivity contribution < 1.29 is 0 Å². The third-order valence-corrected chi connectivity index (χ3v) is 18.4. The van der Waals surface area contributed by atoms with Crippen LogP contribution in [0.3, 0.4) is 0 Å². The summed E-state index contributed by atoms with van der Waals surface area (Å²) in [6, 6.07) is 113. The van der Waals surface area contributed by atoms with Gasteiger partial charge in [-0.3, -0.25) is 0 Å². The lowest BCUT2D eigenvalue weighted by Crippen LogP contribution is -2.20. The minimum Gasteiger partial charge on any atom is -0.309 e. The number of hydrogen-bond acceptors (Lipinski definition) is 2. The van der Waals surface area contributed by atoms with Crippen LogP contribution in [0.25, 0.3) is 89.0 Å². The minimum atomic E-state index is -0.365. The third kappa shape index (κ3) is 13.5. The first-order valence-electron chi connectivity index (χ1n) is 32.6. The van der Waals surface area contributed by atoms with Crippen LogP contribution >= 0.6 is 23.2 Å². The Labute approximate surface area is 567 Å². The molecule has 0 saturated heterocycles. The molecule has 0 spiro atoms. The van der Waals surface area contributed by atoms with Crippen LogP contribution < -0.4 is 9.80 Å². The predicted molar refractivity (Wildman–Crippen MR) is 405 cm³/mol. The lowest BCUT2D eigenvalue weighted by atomic mass is 9.81. The Balaban J connectivity index is 1.17. The SMILES string of the molecule is CC(C)(C)c1cc(N(c2cccc(Cl)c2)c2c(-c3cccc(-c4ccccc4)c3)cc(C(C)(C)C)cc2-c2cccc(-c3ccccc3)c2)cc(N(c2cccc(Cl)c2)c2c(-c3cccc(-c4ccccc4)c3)cc(C(C)(C)C)cc2-c2cccc(-c3ccccc3)c2)c1. The smallest absolute Gasteiger partial charge is 0.0618 e. The van der Waals surface area contributed by atoms with Gasteiger partial charge in [-0.2, -0.15) is 0 Å². The van der Waals surface area contributed by atoms with E-state index in [4.69, 9.17) is 23.2 Å². The molecule has 94 heavy (non-hydrogen) atoms. The van der Waals surface area contributed by atoms with Crippen LogP contribution in [0.4, 0.5) is 34.1 Å².